The van der Waals surface area contributed by atoms with Gasteiger partial charge in [-0.15, -0.1) is 0 Å². The van der Waals surface area contributed by atoms with Crippen LogP contribution in [-0.4, -0.2) is 28.0 Å². The van der Waals surface area contributed by atoms with Gasteiger partial charge in [0.25, 0.3) is 0 Å². The monoisotopic (exact) mass is 285 g/mol. The number of carbonyl (C=O) groups is 1. The highest BCUT2D eigenvalue weighted by atomic mass is 32.2. The summed E-state index contributed by atoms with van der Waals surface area (Å²) in [6.45, 7) is 2.83. The van der Waals surface area contributed by atoms with Crippen molar-refractivity contribution in [3.05, 3.63) is 35.4 Å². The predicted molar refractivity (Wildman–Crippen MR) is 74.0 cm³/mol. The Morgan fingerprint density at radius 2 is 1.68 bits per heavy atom. The van der Waals surface area contributed by atoms with Gasteiger partial charge in [0.2, 0.25) is 10.0 Å². The SMILES string of the molecule is CCNC(=O)NCc1ccc(CS(=O)(=O)NC)cc1. The van der Waals surface area contributed by atoms with E-state index in [-0.39, 0.29) is 11.8 Å². The topological polar surface area (TPSA) is 87.3 Å². The van der Waals surface area contributed by atoms with E-state index in [1.807, 2.05) is 6.92 Å². The summed E-state index contributed by atoms with van der Waals surface area (Å²) < 4.78 is 25.0. The molecule has 0 radical (unpaired) electrons. The molecule has 0 aliphatic rings. The Labute approximate surface area is 113 Å². The van der Waals surface area contributed by atoms with Gasteiger partial charge in [-0.3, -0.25) is 0 Å². The lowest BCUT2D eigenvalue weighted by Gasteiger charge is -2.07. The molecule has 0 unspecified atom stereocenters. The van der Waals surface area contributed by atoms with Gasteiger partial charge in [-0.05, 0) is 25.1 Å². The van der Waals surface area contributed by atoms with Crippen LogP contribution in [-0.2, 0) is 22.3 Å². The third-order valence-corrected chi connectivity index (χ3v) is 3.82. The number of nitrogens with one attached hydrogen (secondary N) is 3. The molecule has 1 aromatic rings. The molecule has 2 amide bonds. The largest absolute Gasteiger partial charge is 0.338 e. The molecule has 0 heterocycles. The summed E-state index contributed by atoms with van der Waals surface area (Å²) in [7, 11) is -1.86. The highest BCUT2D eigenvalue weighted by Gasteiger charge is 2.08. The van der Waals surface area contributed by atoms with Crippen LogP contribution in [0.1, 0.15) is 18.1 Å². The van der Waals surface area contributed by atoms with E-state index in [1.54, 1.807) is 24.3 Å². The fourth-order valence-corrected chi connectivity index (χ4v) is 2.23. The van der Waals surface area contributed by atoms with Crippen molar-refractivity contribution in [2.45, 2.75) is 19.2 Å². The summed E-state index contributed by atoms with van der Waals surface area (Å²) in [6, 6.07) is 6.86. The van der Waals surface area contributed by atoms with Crippen molar-refractivity contribution >= 4 is 16.1 Å². The zero-order valence-electron chi connectivity index (χ0n) is 11.1. The van der Waals surface area contributed by atoms with Gasteiger partial charge in [-0.25, -0.2) is 17.9 Å². The second-order valence-corrected chi connectivity index (χ2v) is 5.92. The van der Waals surface area contributed by atoms with Crippen LogP contribution in [0.25, 0.3) is 0 Å². The van der Waals surface area contributed by atoms with E-state index < -0.39 is 10.0 Å². The third-order valence-electron chi connectivity index (χ3n) is 2.48. The molecule has 19 heavy (non-hydrogen) atoms. The zero-order valence-corrected chi connectivity index (χ0v) is 11.9. The molecule has 0 fully saturated rings. The first kappa shape index (κ1) is 15.5. The summed E-state index contributed by atoms with van der Waals surface area (Å²) in [5.41, 5.74) is 1.62. The molecule has 106 valence electrons. The Morgan fingerprint density at radius 3 is 2.21 bits per heavy atom. The number of hydrogen-bond donors (Lipinski definition) is 3. The minimum atomic E-state index is -3.25. The Bertz CT molecular complexity index is 512. The zero-order chi connectivity index (χ0) is 14.3. The Kier molecular flexibility index (Phi) is 5.78. The first-order chi connectivity index (χ1) is 8.96. The minimum Gasteiger partial charge on any atom is -0.338 e. The van der Waals surface area contributed by atoms with E-state index in [0.717, 1.165) is 5.56 Å². The van der Waals surface area contributed by atoms with E-state index >= 15 is 0 Å². The average Bonchev–Trinajstić information content (AvgIpc) is 2.38. The fourth-order valence-electron chi connectivity index (χ4n) is 1.45. The molecular formula is C12H19N3O3S. The molecule has 0 saturated heterocycles. The molecule has 1 aromatic carbocycles. The maximum Gasteiger partial charge on any atom is 0.315 e. The summed E-state index contributed by atoms with van der Waals surface area (Å²) in [5.74, 6) is -0.0481. The predicted octanol–water partition coefficient (Wildman–Crippen LogP) is 0.555. The van der Waals surface area contributed by atoms with Crippen LogP contribution in [0.15, 0.2) is 24.3 Å². The summed E-state index contributed by atoms with van der Waals surface area (Å²) in [4.78, 5) is 11.2. The molecule has 0 aromatic heterocycles. The van der Waals surface area contributed by atoms with E-state index in [2.05, 4.69) is 15.4 Å². The number of benzene rings is 1. The average molecular weight is 285 g/mol. The maximum atomic E-state index is 11.4. The normalized spacial score (nSPS) is 11.1. The molecule has 3 N–H and O–H groups in total. The molecule has 0 spiro atoms. The first-order valence-corrected chi connectivity index (χ1v) is 7.63. The molecule has 1 rings (SSSR count). The molecule has 0 saturated carbocycles. The second-order valence-electron chi connectivity index (χ2n) is 3.99. The van der Waals surface area contributed by atoms with Crippen molar-refractivity contribution in [1.82, 2.24) is 15.4 Å². The number of urea groups is 1. The van der Waals surface area contributed by atoms with Gasteiger partial charge in [-0.2, -0.15) is 0 Å². The van der Waals surface area contributed by atoms with Crippen molar-refractivity contribution in [3.8, 4) is 0 Å². The second kappa shape index (κ2) is 7.10. The molecule has 0 aliphatic carbocycles. The molecule has 7 heteroatoms. The molecule has 0 atom stereocenters. The number of sulfonamides is 1. The standard InChI is InChI=1S/C12H19N3O3S/c1-3-14-12(16)15-8-10-4-6-11(7-5-10)9-19(17,18)13-2/h4-7,13H,3,8-9H2,1-2H3,(H2,14,15,16). The van der Waals surface area contributed by atoms with E-state index in [1.165, 1.54) is 7.05 Å². The van der Waals surface area contributed by atoms with Crippen molar-refractivity contribution in [1.29, 1.82) is 0 Å². The van der Waals surface area contributed by atoms with Crippen molar-refractivity contribution < 1.29 is 13.2 Å². The van der Waals surface area contributed by atoms with Crippen LogP contribution in [0.3, 0.4) is 0 Å². The van der Waals surface area contributed by atoms with Crippen LogP contribution in [0.4, 0.5) is 4.79 Å². The molecule has 6 nitrogen and oxygen atoms in total. The number of amides is 2. The quantitative estimate of drug-likeness (QED) is 0.713. The summed E-state index contributed by atoms with van der Waals surface area (Å²) in [5, 5.41) is 5.33. The van der Waals surface area contributed by atoms with Gasteiger partial charge in [0, 0.05) is 13.1 Å². The Morgan fingerprint density at radius 1 is 1.11 bits per heavy atom. The number of rotatable bonds is 6. The Balaban J connectivity index is 2.55. The number of hydrogen-bond acceptors (Lipinski definition) is 3. The lowest BCUT2D eigenvalue weighted by molar-refractivity contribution is 0.241. The fraction of sp³-hybridized carbons (Fsp3) is 0.417. The van der Waals surface area contributed by atoms with Crippen molar-refractivity contribution in [3.63, 3.8) is 0 Å². The van der Waals surface area contributed by atoms with Crippen molar-refractivity contribution in [2.24, 2.45) is 0 Å². The van der Waals surface area contributed by atoms with Crippen LogP contribution in [0, 0.1) is 0 Å². The van der Waals surface area contributed by atoms with Gasteiger partial charge in [0.15, 0.2) is 0 Å². The van der Waals surface area contributed by atoms with Crippen LogP contribution in [0.5, 0.6) is 0 Å². The van der Waals surface area contributed by atoms with Crippen LogP contribution in [0.2, 0.25) is 0 Å². The van der Waals surface area contributed by atoms with E-state index in [0.29, 0.717) is 18.7 Å². The highest BCUT2D eigenvalue weighted by molar-refractivity contribution is 7.88. The molecular weight excluding hydrogens is 266 g/mol. The van der Waals surface area contributed by atoms with Crippen LogP contribution >= 0.6 is 0 Å². The van der Waals surface area contributed by atoms with Gasteiger partial charge < -0.3 is 10.6 Å². The van der Waals surface area contributed by atoms with E-state index in [4.69, 9.17) is 0 Å². The van der Waals surface area contributed by atoms with E-state index in [9.17, 15) is 13.2 Å². The summed E-state index contributed by atoms with van der Waals surface area (Å²) >= 11 is 0. The summed E-state index contributed by atoms with van der Waals surface area (Å²) in [6.07, 6.45) is 0. The van der Waals surface area contributed by atoms with Gasteiger partial charge >= 0.3 is 6.03 Å². The lowest BCUT2D eigenvalue weighted by Crippen LogP contribution is -2.34. The van der Waals surface area contributed by atoms with Gasteiger partial charge in [0.05, 0.1) is 5.75 Å². The maximum absolute atomic E-state index is 11.4. The smallest absolute Gasteiger partial charge is 0.315 e. The first-order valence-electron chi connectivity index (χ1n) is 5.97. The lowest BCUT2D eigenvalue weighted by atomic mass is 10.1. The van der Waals surface area contributed by atoms with Crippen LogP contribution < -0.4 is 15.4 Å². The highest BCUT2D eigenvalue weighted by Crippen LogP contribution is 2.07. The third kappa shape index (κ3) is 5.71. The molecule has 0 bridgehead atoms. The van der Waals surface area contributed by atoms with Gasteiger partial charge in [-0.1, -0.05) is 24.3 Å². The number of carbonyl (C=O) groups excluding carboxylic acids is 1. The van der Waals surface area contributed by atoms with Gasteiger partial charge in [0.1, 0.15) is 0 Å². The minimum absolute atomic E-state index is 0.0481. The molecule has 0 aliphatic heterocycles. The van der Waals surface area contributed by atoms with Crippen molar-refractivity contribution in [2.75, 3.05) is 13.6 Å². The Hall–Kier alpha value is -1.60.